The van der Waals surface area contributed by atoms with Gasteiger partial charge < -0.3 is 5.32 Å². The molecule has 1 aliphatic rings. The molecule has 2 heteroatoms. The Hall–Kier alpha value is -1.33. The lowest BCUT2D eigenvalue weighted by Crippen LogP contribution is -2.37. The van der Waals surface area contributed by atoms with Crippen LogP contribution in [-0.2, 0) is 0 Å². The average molecular weight is 256 g/mol. The summed E-state index contributed by atoms with van der Waals surface area (Å²) in [6.07, 6.45) is 7.00. The summed E-state index contributed by atoms with van der Waals surface area (Å²) in [4.78, 5) is 0. The van der Waals surface area contributed by atoms with Gasteiger partial charge in [-0.2, -0.15) is 5.26 Å². The van der Waals surface area contributed by atoms with Crippen molar-refractivity contribution < 1.29 is 0 Å². The van der Waals surface area contributed by atoms with E-state index < -0.39 is 0 Å². The van der Waals surface area contributed by atoms with Gasteiger partial charge in [-0.05, 0) is 24.8 Å². The Morgan fingerprint density at radius 2 is 1.95 bits per heavy atom. The van der Waals surface area contributed by atoms with Gasteiger partial charge in [0.25, 0.3) is 0 Å². The van der Waals surface area contributed by atoms with Crippen molar-refractivity contribution in [3.8, 4) is 6.07 Å². The van der Waals surface area contributed by atoms with E-state index >= 15 is 0 Å². The fourth-order valence-corrected chi connectivity index (χ4v) is 3.06. The minimum absolute atomic E-state index is 0.181. The summed E-state index contributed by atoms with van der Waals surface area (Å²) in [7, 11) is 0. The highest BCUT2D eigenvalue weighted by atomic mass is 15.0. The normalized spacial score (nSPS) is 25.3. The molecule has 19 heavy (non-hydrogen) atoms. The van der Waals surface area contributed by atoms with Gasteiger partial charge in [0.2, 0.25) is 0 Å². The van der Waals surface area contributed by atoms with Crippen LogP contribution in [0.5, 0.6) is 0 Å². The first-order valence-electron chi connectivity index (χ1n) is 7.55. The molecule has 0 aromatic heterocycles. The smallest absolute Gasteiger partial charge is 0.0672 e. The number of nitrogens with one attached hydrogen (secondary N) is 1. The Morgan fingerprint density at radius 3 is 2.63 bits per heavy atom. The summed E-state index contributed by atoms with van der Waals surface area (Å²) < 4.78 is 0. The molecule has 1 saturated carbocycles. The van der Waals surface area contributed by atoms with Crippen molar-refractivity contribution in [3.63, 3.8) is 0 Å². The number of nitrogens with zero attached hydrogens (tertiary/aromatic N) is 1. The quantitative estimate of drug-likeness (QED) is 0.819. The van der Waals surface area contributed by atoms with Gasteiger partial charge in [0.15, 0.2) is 0 Å². The Balaban J connectivity index is 2.06. The zero-order chi connectivity index (χ0) is 13.5. The highest BCUT2D eigenvalue weighted by Gasteiger charge is 2.25. The van der Waals surface area contributed by atoms with E-state index in [1.807, 2.05) is 0 Å². The number of nitriles is 1. The fourth-order valence-electron chi connectivity index (χ4n) is 3.06. The second-order valence-corrected chi connectivity index (χ2v) is 5.52. The lowest BCUT2D eigenvalue weighted by Gasteiger charge is -2.27. The Labute approximate surface area is 116 Å². The predicted octanol–water partition coefficient (Wildman–Crippen LogP) is 4.20. The third-order valence-electron chi connectivity index (χ3n) is 4.21. The second-order valence-electron chi connectivity index (χ2n) is 5.52. The van der Waals surface area contributed by atoms with E-state index in [1.165, 1.54) is 24.8 Å². The van der Waals surface area contributed by atoms with Crippen LogP contribution in [0.25, 0.3) is 0 Å². The summed E-state index contributed by atoms with van der Waals surface area (Å²) >= 11 is 0. The van der Waals surface area contributed by atoms with Crippen LogP contribution in [0.15, 0.2) is 30.3 Å². The Kier molecular flexibility index (Phi) is 5.42. The van der Waals surface area contributed by atoms with Crippen LogP contribution in [0.2, 0.25) is 0 Å². The molecular weight excluding hydrogens is 232 g/mol. The molecule has 1 N–H and O–H groups in total. The van der Waals surface area contributed by atoms with Gasteiger partial charge in [-0.25, -0.2) is 0 Å². The molecule has 0 radical (unpaired) electrons. The van der Waals surface area contributed by atoms with Crippen molar-refractivity contribution in [3.05, 3.63) is 35.9 Å². The van der Waals surface area contributed by atoms with Gasteiger partial charge in [-0.1, -0.05) is 56.5 Å². The first-order chi connectivity index (χ1) is 9.35. The summed E-state index contributed by atoms with van der Waals surface area (Å²) in [6.45, 7) is 2.21. The molecule has 0 spiro atoms. The molecule has 0 heterocycles. The lowest BCUT2D eigenvalue weighted by molar-refractivity contribution is 0.346. The minimum Gasteiger partial charge on any atom is -0.306 e. The van der Waals surface area contributed by atoms with E-state index in [0.29, 0.717) is 12.1 Å². The summed E-state index contributed by atoms with van der Waals surface area (Å²) in [5.41, 5.74) is 1.34. The summed E-state index contributed by atoms with van der Waals surface area (Å²) in [5.74, 6) is 0.181. The van der Waals surface area contributed by atoms with Gasteiger partial charge in [-0.15, -0.1) is 0 Å². The number of rotatable bonds is 4. The van der Waals surface area contributed by atoms with Gasteiger partial charge in [-0.3, -0.25) is 0 Å². The van der Waals surface area contributed by atoms with Crippen LogP contribution in [0.4, 0.5) is 0 Å². The lowest BCUT2D eigenvalue weighted by atomic mass is 9.94. The van der Waals surface area contributed by atoms with E-state index in [-0.39, 0.29) is 5.92 Å². The van der Waals surface area contributed by atoms with E-state index in [4.69, 9.17) is 0 Å². The molecule has 0 aliphatic heterocycles. The van der Waals surface area contributed by atoms with Gasteiger partial charge in [0, 0.05) is 12.1 Å². The third-order valence-corrected chi connectivity index (χ3v) is 4.21. The molecule has 1 fully saturated rings. The maximum Gasteiger partial charge on any atom is 0.0672 e. The number of benzene rings is 1. The second kappa shape index (κ2) is 7.31. The monoisotopic (exact) mass is 256 g/mol. The van der Waals surface area contributed by atoms with E-state index in [2.05, 4.69) is 48.6 Å². The van der Waals surface area contributed by atoms with Crippen LogP contribution in [0, 0.1) is 17.2 Å². The first kappa shape index (κ1) is 14.1. The van der Waals surface area contributed by atoms with Crippen molar-refractivity contribution in [1.29, 1.82) is 5.26 Å². The maximum absolute atomic E-state index is 9.35. The van der Waals surface area contributed by atoms with E-state index in [0.717, 1.165) is 19.3 Å². The first-order valence-corrected chi connectivity index (χ1v) is 7.55. The molecule has 1 aromatic carbocycles. The maximum atomic E-state index is 9.35. The number of hydrogen-bond donors (Lipinski definition) is 1. The molecule has 1 aliphatic carbocycles. The average Bonchev–Trinajstić information content (AvgIpc) is 2.70. The molecule has 0 bridgehead atoms. The molecule has 2 nitrogen and oxygen atoms in total. The standard InChI is InChI=1S/C17H24N2/c1-2-16(14-9-5-3-6-10-14)19-17-12-8-4-7-11-15(17)13-18/h3,5-6,9-10,15-17,19H,2,4,7-8,11-12H2,1H3. The molecule has 0 amide bonds. The summed E-state index contributed by atoms with van der Waals surface area (Å²) in [5, 5.41) is 13.1. The van der Waals surface area contributed by atoms with Crippen molar-refractivity contribution in [2.75, 3.05) is 0 Å². The van der Waals surface area contributed by atoms with Crippen LogP contribution >= 0.6 is 0 Å². The SMILES string of the molecule is CCC(NC1CCCCCC1C#N)c1ccccc1. The molecule has 0 saturated heterocycles. The fraction of sp³-hybridized carbons (Fsp3) is 0.588. The van der Waals surface area contributed by atoms with Crippen LogP contribution in [0.3, 0.4) is 0 Å². The molecule has 102 valence electrons. The summed E-state index contributed by atoms with van der Waals surface area (Å²) in [6, 6.07) is 13.8. The zero-order valence-electron chi connectivity index (χ0n) is 11.8. The minimum atomic E-state index is 0.181. The Morgan fingerprint density at radius 1 is 1.21 bits per heavy atom. The largest absolute Gasteiger partial charge is 0.306 e. The van der Waals surface area contributed by atoms with Crippen LogP contribution in [-0.4, -0.2) is 6.04 Å². The third kappa shape index (κ3) is 3.81. The molecule has 2 rings (SSSR count). The highest BCUT2D eigenvalue weighted by molar-refractivity contribution is 5.19. The Bertz CT molecular complexity index is 407. The van der Waals surface area contributed by atoms with Crippen LogP contribution in [0.1, 0.15) is 57.1 Å². The van der Waals surface area contributed by atoms with E-state index in [1.54, 1.807) is 0 Å². The van der Waals surface area contributed by atoms with E-state index in [9.17, 15) is 5.26 Å². The molecular formula is C17H24N2. The van der Waals surface area contributed by atoms with Crippen molar-refractivity contribution in [1.82, 2.24) is 5.32 Å². The van der Waals surface area contributed by atoms with Gasteiger partial charge >= 0.3 is 0 Å². The predicted molar refractivity (Wildman–Crippen MR) is 78.6 cm³/mol. The van der Waals surface area contributed by atoms with Crippen molar-refractivity contribution in [2.45, 2.75) is 57.5 Å². The van der Waals surface area contributed by atoms with Crippen molar-refractivity contribution in [2.24, 2.45) is 5.92 Å². The molecule has 1 aromatic rings. The molecule has 3 unspecified atom stereocenters. The van der Waals surface area contributed by atoms with Gasteiger partial charge in [0.05, 0.1) is 12.0 Å². The highest BCUT2D eigenvalue weighted by Crippen LogP contribution is 2.26. The van der Waals surface area contributed by atoms with Crippen LogP contribution < -0.4 is 5.32 Å². The topological polar surface area (TPSA) is 35.8 Å². The van der Waals surface area contributed by atoms with Gasteiger partial charge in [0.1, 0.15) is 0 Å². The molecule has 3 atom stereocenters. The van der Waals surface area contributed by atoms with Crippen molar-refractivity contribution >= 4 is 0 Å². The zero-order valence-corrected chi connectivity index (χ0v) is 11.8. The number of hydrogen-bond acceptors (Lipinski definition) is 2.